The Bertz CT molecular complexity index is 517. The maximum atomic E-state index is 11.8. The number of carbonyl (C=O) groups is 2. The van der Waals surface area contributed by atoms with E-state index in [-0.39, 0.29) is 49.7 Å². The van der Waals surface area contributed by atoms with Crippen LogP contribution in [0, 0.1) is 0 Å². The minimum absolute atomic E-state index is 0. The van der Waals surface area contributed by atoms with Crippen LogP contribution in [0.15, 0.2) is 30.3 Å². The molecule has 0 saturated carbocycles. The van der Waals surface area contributed by atoms with E-state index >= 15 is 0 Å². The Kier molecular flexibility index (Phi) is 12.2. The van der Waals surface area contributed by atoms with Crippen LogP contribution in [0.1, 0.15) is 24.8 Å². The van der Waals surface area contributed by atoms with Crippen LogP contribution < -0.4 is 16.4 Å². The van der Waals surface area contributed by atoms with Crippen molar-refractivity contribution in [3.8, 4) is 0 Å². The number of nitrogens with one attached hydrogen (secondary N) is 2. The Hall–Kier alpha value is -1.34. The Balaban J connectivity index is 0.00000288. The van der Waals surface area contributed by atoms with E-state index in [4.69, 9.17) is 5.73 Å². The number of hydrogen-bond donors (Lipinski definition) is 3. The molecule has 1 aliphatic heterocycles. The van der Waals surface area contributed by atoms with Gasteiger partial charge in [-0.15, -0.1) is 24.8 Å². The standard InChI is InChI=1S/C17H26N4O2.2ClH/c18-10-16(22)20-12-17(23)19-11-15-8-4-5-9-21(15)13-14-6-2-1-3-7-14;;/h1-3,6-7,15H,4-5,8-13,18H2,(H,19,23)(H,20,22);2*1H. The van der Waals surface area contributed by atoms with Crippen molar-refractivity contribution in [3.63, 3.8) is 0 Å². The molecule has 25 heavy (non-hydrogen) atoms. The van der Waals surface area contributed by atoms with Crippen molar-refractivity contribution in [1.29, 1.82) is 0 Å². The number of nitrogens with two attached hydrogens (primary N) is 1. The molecule has 0 bridgehead atoms. The minimum Gasteiger partial charge on any atom is -0.353 e. The Morgan fingerprint density at radius 1 is 1.08 bits per heavy atom. The number of carbonyl (C=O) groups excluding carboxylic acids is 2. The van der Waals surface area contributed by atoms with Crippen molar-refractivity contribution in [3.05, 3.63) is 35.9 Å². The van der Waals surface area contributed by atoms with Gasteiger partial charge in [-0.05, 0) is 24.9 Å². The van der Waals surface area contributed by atoms with Gasteiger partial charge < -0.3 is 16.4 Å². The molecule has 2 amide bonds. The number of nitrogens with zero attached hydrogens (tertiary/aromatic N) is 1. The predicted octanol–water partition coefficient (Wildman–Crippen LogP) is 1.08. The number of piperidine rings is 1. The maximum Gasteiger partial charge on any atom is 0.239 e. The third kappa shape index (κ3) is 8.54. The zero-order valence-corrected chi connectivity index (χ0v) is 15.9. The second-order valence-corrected chi connectivity index (χ2v) is 5.89. The zero-order chi connectivity index (χ0) is 16.5. The maximum absolute atomic E-state index is 11.8. The number of amides is 2. The summed E-state index contributed by atoms with van der Waals surface area (Å²) in [6.07, 6.45) is 3.47. The molecule has 1 aliphatic rings. The second-order valence-electron chi connectivity index (χ2n) is 5.89. The second kappa shape index (κ2) is 12.9. The van der Waals surface area contributed by atoms with Crippen LogP contribution in [0.25, 0.3) is 0 Å². The molecule has 1 aromatic rings. The first kappa shape index (κ1) is 23.7. The number of rotatable bonds is 7. The van der Waals surface area contributed by atoms with Crippen molar-refractivity contribution in [2.75, 3.05) is 26.2 Å². The fourth-order valence-electron chi connectivity index (χ4n) is 2.86. The van der Waals surface area contributed by atoms with Crippen LogP contribution >= 0.6 is 24.8 Å². The molecule has 1 fully saturated rings. The smallest absolute Gasteiger partial charge is 0.239 e. The largest absolute Gasteiger partial charge is 0.353 e. The molecule has 2 rings (SSSR count). The number of halogens is 2. The van der Waals surface area contributed by atoms with Gasteiger partial charge >= 0.3 is 0 Å². The van der Waals surface area contributed by atoms with Gasteiger partial charge in [0, 0.05) is 19.1 Å². The van der Waals surface area contributed by atoms with Gasteiger partial charge in [0.15, 0.2) is 0 Å². The van der Waals surface area contributed by atoms with Crippen LogP contribution in [-0.4, -0.2) is 48.9 Å². The molecule has 0 radical (unpaired) electrons. The number of likely N-dealkylation sites (tertiary alicyclic amines) is 1. The molecule has 1 saturated heterocycles. The van der Waals surface area contributed by atoms with E-state index in [1.54, 1.807) is 0 Å². The van der Waals surface area contributed by atoms with E-state index < -0.39 is 0 Å². The third-order valence-electron chi connectivity index (χ3n) is 4.14. The van der Waals surface area contributed by atoms with E-state index in [1.807, 2.05) is 6.07 Å². The topological polar surface area (TPSA) is 87.5 Å². The highest BCUT2D eigenvalue weighted by Gasteiger charge is 2.22. The van der Waals surface area contributed by atoms with Gasteiger partial charge in [-0.2, -0.15) is 0 Å². The molecule has 0 aromatic heterocycles. The molecule has 1 heterocycles. The number of benzene rings is 1. The highest BCUT2D eigenvalue weighted by Crippen LogP contribution is 2.19. The molecule has 1 atom stereocenters. The highest BCUT2D eigenvalue weighted by atomic mass is 35.5. The summed E-state index contributed by atoms with van der Waals surface area (Å²) in [5.74, 6) is -0.486. The lowest BCUT2D eigenvalue weighted by atomic mass is 10.0. The predicted molar refractivity (Wildman–Crippen MR) is 104 cm³/mol. The lowest BCUT2D eigenvalue weighted by molar-refractivity contribution is -0.125. The SMILES string of the molecule is Cl.Cl.NCC(=O)NCC(=O)NCC1CCCCN1Cc1ccccc1. The zero-order valence-electron chi connectivity index (χ0n) is 14.3. The van der Waals surface area contributed by atoms with Gasteiger partial charge in [0.2, 0.25) is 11.8 Å². The molecular formula is C17H28Cl2N4O2. The summed E-state index contributed by atoms with van der Waals surface area (Å²) in [5.41, 5.74) is 6.48. The molecule has 0 spiro atoms. The Labute approximate surface area is 161 Å². The van der Waals surface area contributed by atoms with Gasteiger partial charge in [-0.25, -0.2) is 0 Å². The van der Waals surface area contributed by atoms with E-state index in [0.29, 0.717) is 12.6 Å². The Morgan fingerprint density at radius 3 is 2.48 bits per heavy atom. The summed E-state index contributed by atoms with van der Waals surface area (Å²) in [4.78, 5) is 25.3. The quantitative estimate of drug-likeness (QED) is 0.649. The van der Waals surface area contributed by atoms with Crippen molar-refractivity contribution < 1.29 is 9.59 Å². The monoisotopic (exact) mass is 390 g/mol. The third-order valence-corrected chi connectivity index (χ3v) is 4.14. The van der Waals surface area contributed by atoms with Crippen molar-refractivity contribution >= 4 is 36.6 Å². The van der Waals surface area contributed by atoms with Crippen molar-refractivity contribution in [1.82, 2.24) is 15.5 Å². The van der Waals surface area contributed by atoms with Gasteiger partial charge in [-0.3, -0.25) is 14.5 Å². The van der Waals surface area contributed by atoms with Crippen LogP contribution in [0.4, 0.5) is 0 Å². The molecule has 1 aromatic carbocycles. The summed E-state index contributed by atoms with van der Waals surface area (Å²) in [7, 11) is 0. The molecule has 0 aliphatic carbocycles. The van der Waals surface area contributed by atoms with E-state index in [0.717, 1.165) is 19.5 Å². The summed E-state index contributed by atoms with van der Waals surface area (Å²) >= 11 is 0. The highest BCUT2D eigenvalue weighted by molar-refractivity contribution is 5.86. The summed E-state index contributed by atoms with van der Waals surface area (Å²) in [6, 6.07) is 10.7. The van der Waals surface area contributed by atoms with E-state index in [1.165, 1.54) is 18.4 Å². The molecule has 4 N–H and O–H groups in total. The minimum atomic E-state index is -0.316. The van der Waals surface area contributed by atoms with Crippen LogP contribution in [0.5, 0.6) is 0 Å². The van der Waals surface area contributed by atoms with Gasteiger partial charge in [0.05, 0.1) is 13.1 Å². The molecular weight excluding hydrogens is 363 g/mol. The molecule has 6 nitrogen and oxygen atoms in total. The fraction of sp³-hybridized carbons (Fsp3) is 0.529. The van der Waals surface area contributed by atoms with Crippen LogP contribution in [-0.2, 0) is 16.1 Å². The average molecular weight is 391 g/mol. The summed E-state index contributed by atoms with van der Waals surface area (Å²) in [6.45, 7) is 2.47. The number of hydrogen-bond acceptors (Lipinski definition) is 4. The lowest BCUT2D eigenvalue weighted by Gasteiger charge is -2.35. The van der Waals surface area contributed by atoms with Crippen LogP contribution in [0.3, 0.4) is 0 Å². The molecule has 8 heteroatoms. The normalized spacial score (nSPS) is 16.9. The summed E-state index contributed by atoms with van der Waals surface area (Å²) < 4.78 is 0. The van der Waals surface area contributed by atoms with Crippen molar-refractivity contribution in [2.45, 2.75) is 31.8 Å². The van der Waals surface area contributed by atoms with Crippen molar-refractivity contribution in [2.24, 2.45) is 5.73 Å². The lowest BCUT2D eigenvalue weighted by Crippen LogP contribution is -2.48. The first-order valence-corrected chi connectivity index (χ1v) is 8.20. The average Bonchev–Trinajstić information content (AvgIpc) is 2.59. The molecule has 142 valence electrons. The fourth-order valence-corrected chi connectivity index (χ4v) is 2.86. The van der Waals surface area contributed by atoms with Crippen LogP contribution in [0.2, 0.25) is 0 Å². The molecule has 1 unspecified atom stereocenters. The van der Waals surface area contributed by atoms with Gasteiger partial charge in [-0.1, -0.05) is 36.8 Å². The summed E-state index contributed by atoms with van der Waals surface area (Å²) in [5, 5.41) is 5.39. The van der Waals surface area contributed by atoms with E-state index in [9.17, 15) is 9.59 Å². The first-order chi connectivity index (χ1) is 11.2. The Morgan fingerprint density at radius 2 is 1.80 bits per heavy atom. The van der Waals surface area contributed by atoms with E-state index in [2.05, 4.69) is 39.8 Å². The van der Waals surface area contributed by atoms with Gasteiger partial charge in [0.25, 0.3) is 0 Å². The van der Waals surface area contributed by atoms with Gasteiger partial charge in [0.1, 0.15) is 0 Å². The first-order valence-electron chi connectivity index (χ1n) is 8.20.